The van der Waals surface area contributed by atoms with Gasteiger partial charge in [-0.05, 0) is 12.1 Å². The van der Waals surface area contributed by atoms with Crippen molar-refractivity contribution in [2.24, 2.45) is 0 Å². The van der Waals surface area contributed by atoms with E-state index < -0.39 is 18.3 Å². The number of carbonyl (C=O) groups excluding carboxylic acids is 2. The van der Waals surface area contributed by atoms with Crippen LogP contribution in [-0.2, 0) is 4.74 Å². The average molecular weight is 241 g/mol. The Balaban J connectivity index is 2.04. The lowest BCUT2D eigenvalue weighted by molar-refractivity contribution is 0.0475. The molecule has 0 aliphatic rings. The molecule has 0 aliphatic carbocycles. The Labute approximate surface area is 106 Å². The number of hydrogen-bond acceptors (Lipinski definition) is 3. The highest BCUT2D eigenvalue weighted by Crippen LogP contribution is 2.04. The highest BCUT2D eigenvalue weighted by molar-refractivity contribution is 5.99. The van der Waals surface area contributed by atoms with Crippen molar-refractivity contribution in [3.63, 3.8) is 0 Å². The molecule has 3 nitrogen and oxygen atoms in total. The summed E-state index contributed by atoms with van der Waals surface area (Å²) >= 11 is 0. The molecule has 2 rings (SSSR count). The summed E-state index contributed by atoms with van der Waals surface area (Å²) in [5, 5.41) is 0. The van der Waals surface area contributed by atoms with E-state index in [0.29, 0.717) is 11.1 Å². The maximum absolute atomic E-state index is 11.8. The topological polar surface area (TPSA) is 43.4 Å². The van der Waals surface area contributed by atoms with Crippen LogP contribution < -0.4 is 0 Å². The zero-order valence-corrected chi connectivity index (χ0v) is 9.58. The summed E-state index contributed by atoms with van der Waals surface area (Å²) in [5.41, 5.74) is 0.670. The molecule has 0 heterocycles. The smallest absolute Gasteiger partial charge is 0.338 e. The maximum atomic E-state index is 11.8. The van der Waals surface area contributed by atoms with Gasteiger partial charge in [0.15, 0.2) is 12.4 Å². The molecule has 0 fully saturated rings. The number of benzene rings is 2. The highest BCUT2D eigenvalue weighted by atomic mass is 16.5. The van der Waals surface area contributed by atoms with Gasteiger partial charge < -0.3 is 4.74 Å². The number of Topliss-reactive ketones (excluding diaryl/α,β-unsaturated/α-hetero) is 1. The van der Waals surface area contributed by atoms with Crippen molar-refractivity contribution in [1.82, 2.24) is 0 Å². The molecule has 18 heavy (non-hydrogen) atoms. The monoisotopic (exact) mass is 241 g/mol. The summed E-state index contributed by atoms with van der Waals surface area (Å²) in [5.74, 6) is -1.21. The molecular formula is C15H12O3. The van der Waals surface area contributed by atoms with Crippen LogP contribution >= 0.6 is 0 Å². The first-order valence-corrected chi connectivity index (χ1v) is 5.46. The minimum atomic E-state index is -1.55. The van der Waals surface area contributed by atoms with Gasteiger partial charge in [0, 0.05) is 5.56 Å². The second-order valence-corrected chi connectivity index (χ2v) is 3.62. The van der Waals surface area contributed by atoms with Gasteiger partial charge >= 0.3 is 5.97 Å². The van der Waals surface area contributed by atoms with E-state index in [9.17, 15) is 9.59 Å². The molecule has 0 amide bonds. The van der Waals surface area contributed by atoms with E-state index in [-0.39, 0.29) is 0 Å². The van der Waals surface area contributed by atoms with Crippen LogP contribution in [0.25, 0.3) is 0 Å². The predicted octanol–water partition coefficient (Wildman–Crippen LogP) is 2.73. The van der Waals surface area contributed by atoms with Crippen molar-refractivity contribution in [2.75, 3.05) is 6.58 Å². The maximum Gasteiger partial charge on any atom is 0.338 e. The van der Waals surface area contributed by atoms with E-state index in [4.69, 9.17) is 6.11 Å². The number of carbonyl (C=O) groups is 2. The van der Waals surface area contributed by atoms with Crippen molar-refractivity contribution < 1.29 is 15.7 Å². The summed E-state index contributed by atoms with van der Waals surface area (Å²) in [6.07, 6.45) is 0. The second kappa shape index (κ2) is 5.77. The molecule has 3 heteroatoms. The molecule has 0 saturated heterocycles. The molecule has 90 valence electrons. The molecule has 0 bridgehead atoms. The third-order valence-corrected chi connectivity index (χ3v) is 2.34. The second-order valence-electron chi connectivity index (χ2n) is 3.62. The van der Waals surface area contributed by atoms with E-state index in [1.54, 1.807) is 60.7 Å². The molecule has 2 aromatic rings. The van der Waals surface area contributed by atoms with Crippen LogP contribution in [-0.4, -0.2) is 18.3 Å². The number of ketones is 1. The van der Waals surface area contributed by atoms with Crippen molar-refractivity contribution in [2.45, 2.75) is 0 Å². The summed E-state index contributed by atoms with van der Waals surface area (Å²) in [6, 6.07) is 16.6. The van der Waals surface area contributed by atoms with Gasteiger partial charge in [0.25, 0.3) is 0 Å². The number of esters is 1. The van der Waals surface area contributed by atoms with Gasteiger partial charge in [-0.25, -0.2) is 4.79 Å². The predicted molar refractivity (Wildman–Crippen MR) is 67.5 cm³/mol. The lowest BCUT2D eigenvalue weighted by Gasteiger charge is -2.04. The summed E-state index contributed by atoms with van der Waals surface area (Å²) < 4.78 is 12.4. The van der Waals surface area contributed by atoms with E-state index in [2.05, 4.69) is 0 Å². The fourth-order valence-corrected chi connectivity index (χ4v) is 1.42. The molecule has 0 radical (unpaired) electrons. The Kier molecular flexibility index (Phi) is 3.44. The number of hydrogen-bond donors (Lipinski definition) is 0. The number of ether oxygens (including phenoxy) is 1. The van der Waals surface area contributed by atoms with Crippen LogP contribution in [0.4, 0.5) is 0 Å². The number of rotatable bonds is 4. The van der Waals surface area contributed by atoms with Crippen LogP contribution in [0, 0.1) is 0 Å². The molecule has 0 spiro atoms. The Morgan fingerprint density at radius 2 is 1.39 bits per heavy atom. The van der Waals surface area contributed by atoms with Crippen LogP contribution in [0.15, 0.2) is 60.7 Å². The van der Waals surface area contributed by atoms with E-state index in [0.717, 1.165) is 0 Å². The third kappa shape index (κ3) is 3.04. The summed E-state index contributed by atoms with van der Waals surface area (Å²) in [6.45, 7) is -1.55. The molecule has 0 N–H and O–H groups in total. The van der Waals surface area contributed by atoms with E-state index in [1.807, 2.05) is 0 Å². The first kappa shape index (κ1) is 10.7. The van der Waals surface area contributed by atoms with E-state index in [1.165, 1.54) is 0 Å². The van der Waals surface area contributed by atoms with Gasteiger partial charge in [0.1, 0.15) is 0 Å². The van der Waals surface area contributed by atoms with Gasteiger partial charge in [-0.2, -0.15) is 0 Å². The third-order valence-electron chi connectivity index (χ3n) is 2.34. The minimum Gasteiger partial charge on any atom is -0.454 e. The Morgan fingerprint density at radius 3 is 1.94 bits per heavy atom. The molecular weight excluding hydrogens is 228 g/mol. The summed E-state index contributed by atoms with van der Waals surface area (Å²) in [7, 11) is 0. The lowest BCUT2D eigenvalue weighted by Crippen LogP contribution is -2.14. The van der Waals surface area contributed by atoms with E-state index >= 15 is 0 Å². The zero-order valence-electron chi connectivity index (χ0n) is 10.6. The largest absolute Gasteiger partial charge is 0.454 e. The average Bonchev–Trinajstić information content (AvgIpc) is 2.48. The van der Waals surface area contributed by atoms with Gasteiger partial charge in [-0.3, -0.25) is 4.79 Å². The zero-order chi connectivity index (χ0) is 13.7. The van der Waals surface area contributed by atoms with Crippen LogP contribution in [0.5, 0.6) is 0 Å². The first-order valence-electron chi connectivity index (χ1n) is 6.04. The molecule has 0 aliphatic heterocycles. The van der Waals surface area contributed by atoms with Gasteiger partial charge in [-0.1, -0.05) is 48.5 Å². The van der Waals surface area contributed by atoms with Crippen molar-refractivity contribution in [3.8, 4) is 0 Å². The molecule has 1 atom stereocenters. The Bertz CT molecular complexity index is 566. The minimum absolute atomic E-state index is 0.320. The standard InChI is InChI=1S/C15H12O3/c16-14(12-7-3-1-4-8-12)11-18-15(17)13-9-5-2-6-10-13/h1-10H,11H2/i11D/t11-/m1/s1. The quantitative estimate of drug-likeness (QED) is 0.610. The van der Waals surface area contributed by atoms with Crippen LogP contribution in [0.2, 0.25) is 0 Å². The van der Waals surface area contributed by atoms with Crippen LogP contribution in [0.3, 0.4) is 0 Å². The lowest BCUT2D eigenvalue weighted by atomic mass is 10.1. The van der Waals surface area contributed by atoms with Gasteiger partial charge in [0.2, 0.25) is 0 Å². The van der Waals surface area contributed by atoms with Crippen molar-refractivity contribution in [1.29, 1.82) is 0 Å². The highest BCUT2D eigenvalue weighted by Gasteiger charge is 2.10. The fourth-order valence-electron chi connectivity index (χ4n) is 1.42. The van der Waals surface area contributed by atoms with Crippen LogP contribution in [0.1, 0.15) is 22.1 Å². The van der Waals surface area contributed by atoms with Gasteiger partial charge in [-0.15, -0.1) is 0 Å². The Hall–Kier alpha value is -2.42. The molecule has 2 aromatic carbocycles. The molecule has 0 unspecified atom stereocenters. The fraction of sp³-hybridized carbons (Fsp3) is 0.0667. The Morgan fingerprint density at radius 1 is 0.889 bits per heavy atom. The van der Waals surface area contributed by atoms with Crippen molar-refractivity contribution in [3.05, 3.63) is 71.8 Å². The van der Waals surface area contributed by atoms with Crippen molar-refractivity contribution >= 4 is 11.8 Å². The normalized spacial score (nSPS) is 12.3. The van der Waals surface area contributed by atoms with Gasteiger partial charge in [0.05, 0.1) is 6.93 Å². The summed E-state index contributed by atoms with van der Waals surface area (Å²) in [4.78, 5) is 23.5. The first-order chi connectivity index (χ1) is 9.18. The molecule has 0 saturated carbocycles. The SMILES string of the molecule is [2H][C@@H](OC(=O)c1ccccc1)C(=O)c1ccccc1. The molecule has 0 aromatic heterocycles.